The van der Waals surface area contributed by atoms with E-state index >= 15 is 0 Å². The van der Waals surface area contributed by atoms with Gasteiger partial charge < -0.3 is 9.47 Å². The second kappa shape index (κ2) is 8.85. The predicted molar refractivity (Wildman–Crippen MR) is 87.5 cm³/mol. The highest BCUT2D eigenvalue weighted by Gasteiger charge is 2.12. The van der Waals surface area contributed by atoms with Crippen LogP contribution in [0, 0.1) is 5.92 Å². The third-order valence-electron chi connectivity index (χ3n) is 2.70. The van der Waals surface area contributed by atoms with Gasteiger partial charge in [0, 0.05) is 5.33 Å². The summed E-state index contributed by atoms with van der Waals surface area (Å²) in [6.07, 6.45) is 2.25. The summed E-state index contributed by atoms with van der Waals surface area (Å²) >= 11 is 7.03. The molecule has 1 aromatic carbocycles. The maximum Gasteiger partial charge on any atom is 0.175 e. The summed E-state index contributed by atoms with van der Waals surface area (Å²) in [4.78, 5) is 0. The van der Waals surface area contributed by atoms with Crippen molar-refractivity contribution in [3.8, 4) is 11.5 Å². The van der Waals surface area contributed by atoms with Crippen molar-refractivity contribution in [2.75, 3.05) is 13.2 Å². The highest BCUT2D eigenvalue weighted by Crippen LogP contribution is 2.37. The Labute approximate surface area is 133 Å². The van der Waals surface area contributed by atoms with Crippen LogP contribution in [0.25, 0.3) is 0 Å². The second-order valence-electron chi connectivity index (χ2n) is 4.86. The molecule has 0 heterocycles. The molecule has 0 amide bonds. The van der Waals surface area contributed by atoms with Crippen LogP contribution in [-0.2, 0) is 5.33 Å². The molecule has 0 aliphatic rings. The zero-order valence-electron chi connectivity index (χ0n) is 11.8. The fourth-order valence-electron chi connectivity index (χ4n) is 1.77. The molecular formula is C15H22Br2O2. The summed E-state index contributed by atoms with van der Waals surface area (Å²) in [6.45, 7) is 7.81. The van der Waals surface area contributed by atoms with Crippen molar-refractivity contribution < 1.29 is 9.47 Å². The maximum absolute atomic E-state index is 5.88. The van der Waals surface area contributed by atoms with E-state index in [1.807, 2.05) is 13.0 Å². The number of benzene rings is 1. The molecule has 1 aromatic rings. The topological polar surface area (TPSA) is 18.5 Å². The molecular weight excluding hydrogens is 372 g/mol. The molecule has 0 aliphatic heterocycles. The van der Waals surface area contributed by atoms with Gasteiger partial charge in [-0.05, 0) is 59.3 Å². The second-order valence-corrected chi connectivity index (χ2v) is 6.27. The Morgan fingerprint density at radius 3 is 2.53 bits per heavy atom. The maximum atomic E-state index is 5.88. The molecule has 0 radical (unpaired) electrons. The Balaban J connectivity index is 2.74. The number of ether oxygens (including phenoxy) is 2. The SMILES string of the molecule is CCOc1cc(CBr)cc(Br)c1OCCCC(C)C. The van der Waals surface area contributed by atoms with Crippen LogP contribution in [0.1, 0.15) is 39.2 Å². The number of hydrogen-bond acceptors (Lipinski definition) is 2. The van der Waals surface area contributed by atoms with E-state index in [1.165, 1.54) is 12.0 Å². The van der Waals surface area contributed by atoms with Crippen molar-refractivity contribution in [3.63, 3.8) is 0 Å². The van der Waals surface area contributed by atoms with Gasteiger partial charge in [-0.25, -0.2) is 0 Å². The van der Waals surface area contributed by atoms with Gasteiger partial charge in [-0.1, -0.05) is 29.8 Å². The van der Waals surface area contributed by atoms with E-state index in [1.54, 1.807) is 0 Å². The van der Waals surface area contributed by atoms with Crippen molar-refractivity contribution in [1.82, 2.24) is 0 Å². The van der Waals surface area contributed by atoms with E-state index in [2.05, 4.69) is 51.8 Å². The van der Waals surface area contributed by atoms with Crippen LogP contribution in [-0.4, -0.2) is 13.2 Å². The Hall–Kier alpha value is -0.220. The van der Waals surface area contributed by atoms with Crippen LogP contribution in [0.4, 0.5) is 0 Å². The van der Waals surface area contributed by atoms with E-state index < -0.39 is 0 Å². The zero-order valence-corrected chi connectivity index (χ0v) is 15.0. The minimum absolute atomic E-state index is 0.639. The van der Waals surface area contributed by atoms with Gasteiger partial charge in [0.1, 0.15) is 0 Å². The van der Waals surface area contributed by atoms with E-state index in [9.17, 15) is 0 Å². The molecule has 0 saturated carbocycles. The van der Waals surface area contributed by atoms with Gasteiger partial charge in [0.25, 0.3) is 0 Å². The Morgan fingerprint density at radius 1 is 1.21 bits per heavy atom. The van der Waals surface area contributed by atoms with Crippen LogP contribution >= 0.6 is 31.9 Å². The zero-order chi connectivity index (χ0) is 14.3. The van der Waals surface area contributed by atoms with E-state index in [0.717, 1.165) is 34.3 Å². The van der Waals surface area contributed by atoms with Crippen LogP contribution in [0.5, 0.6) is 11.5 Å². The Bertz CT molecular complexity index is 392. The van der Waals surface area contributed by atoms with Crippen LogP contribution in [0.3, 0.4) is 0 Å². The van der Waals surface area contributed by atoms with E-state index in [4.69, 9.17) is 9.47 Å². The molecule has 4 heteroatoms. The number of halogens is 2. The van der Waals surface area contributed by atoms with Crippen LogP contribution < -0.4 is 9.47 Å². The summed E-state index contributed by atoms with van der Waals surface area (Å²) < 4.78 is 12.5. The molecule has 108 valence electrons. The molecule has 19 heavy (non-hydrogen) atoms. The van der Waals surface area contributed by atoms with Crippen molar-refractivity contribution in [1.29, 1.82) is 0 Å². The summed E-state index contributed by atoms with van der Waals surface area (Å²) in [5.74, 6) is 2.35. The third kappa shape index (κ3) is 5.74. The average Bonchev–Trinajstić information content (AvgIpc) is 2.36. The lowest BCUT2D eigenvalue weighted by Gasteiger charge is -2.15. The number of rotatable bonds is 8. The molecule has 1 rings (SSSR count). The third-order valence-corrected chi connectivity index (χ3v) is 3.93. The minimum Gasteiger partial charge on any atom is -0.490 e. The molecule has 0 spiro atoms. The quantitative estimate of drug-likeness (QED) is 0.425. The van der Waals surface area contributed by atoms with Crippen molar-refractivity contribution in [2.24, 2.45) is 5.92 Å². The van der Waals surface area contributed by atoms with Gasteiger partial charge in [-0.3, -0.25) is 0 Å². The highest BCUT2D eigenvalue weighted by atomic mass is 79.9. The summed E-state index contributed by atoms with van der Waals surface area (Å²) in [5, 5.41) is 0.805. The Kier molecular flexibility index (Phi) is 7.84. The first-order chi connectivity index (χ1) is 9.08. The normalized spacial score (nSPS) is 10.8. The number of alkyl halides is 1. The van der Waals surface area contributed by atoms with Crippen molar-refractivity contribution >= 4 is 31.9 Å². The first-order valence-electron chi connectivity index (χ1n) is 6.72. The summed E-state index contributed by atoms with van der Waals surface area (Å²) in [7, 11) is 0. The van der Waals surface area contributed by atoms with Gasteiger partial charge in [0.2, 0.25) is 0 Å². The Morgan fingerprint density at radius 2 is 1.95 bits per heavy atom. The fourth-order valence-corrected chi connectivity index (χ4v) is 2.69. The van der Waals surface area contributed by atoms with Gasteiger partial charge in [-0.2, -0.15) is 0 Å². The van der Waals surface area contributed by atoms with Crippen molar-refractivity contribution in [3.05, 3.63) is 22.2 Å². The molecule has 0 bridgehead atoms. The molecule has 2 nitrogen and oxygen atoms in total. The lowest BCUT2D eigenvalue weighted by molar-refractivity contribution is 0.265. The lowest BCUT2D eigenvalue weighted by atomic mass is 10.1. The largest absolute Gasteiger partial charge is 0.490 e. The van der Waals surface area contributed by atoms with Crippen molar-refractivity contribution in [2.45, 2.75) is 38.9 Å². The van der Waals surface area contributed by atoms with Gasteiger partial charge in [0.05, 0.1) is 17.7 Å². The highest BCUT2D eigenvalue weighted by molar-refractivity contribution is 9.10. The minimum atomic E-state index is 0.639. The number of hydrogen-bond donors (Lipinski definition) is 0. The average molecular weight is 394 g/mol. The summed E-state index contributed by atoms with van der Waals surface area (Å²) in [5.41, 5.74) is 1.17. The first-order valence-corrected chi connectivity index (χ1v) is 8.63. The van der Waals surface area contributed by atoms with Gasteiger partial charge in [0.15, 0.2) is 11.5 Å². The smallest absolute Gasteiger partial charge is 0.175 e. The first kappa shape index (κ1) is 16.8. The van der Waals surface area contributed by atoms with Crippen LogP contribution in [0.15, 0.2) is 16.6 Å². The summed E-state index contributed by atoms with van der Waals surface area (Å²) in [6, 6.07) is 4.09. The molecule has 0 aliphatic carbocycles. The van der Waals surface area contributed by atoms with Crippen LogP contribution in [0.2, 0.25) is 0 Å². The molecule has 0 fully saturated rings. The predicted octanol–water partition coefficient (Wildman–Crippen LogP) is 5.56. The van der Waals surface area contributed by atoms with Gasteiger partial charge >= 0.3 is 0 Å². The monoisotopic (exact) mass is 392 g/mol. The molecule has 0 N–H and O–H groups in total. The molecule has 0 atom stereocenters. The fraction of sp³-hybridized carbons (Fsp3) is 0.600. The van der Waals surface area contributed by atoms with Gasteiger partial charge in [-0.15, -0.1) is 0 Å². The molecule has 0 aromatic heterocycles. The standard InChI is InChI=1S/C15H22Br2O2/c1-4-18-14-9-12(10-16)8-13(17)15(14)19-7-5-6-11(2)3/h8-9,11H,4-7,10H2,1-3H3. The van der Waals surface area contributed by atoms with E-state index in [-0.39, 0.29) is 0 Å². The molecule has 0 unspecified atom stereocenters. The lowest BCUT2D eigenvalue weighted by Crippen LogP contribution is -2.03. The van der Waals surface area contributed by atoms with E-state index in [0.29, 0.717) is 12.5 Å². The molecule has 0 saturated heterocycles.